The third kappa shape index (κ3) is 3.57. The van der Waals surface area contributed by atoms with Crippen LogP contribution in [0.3, 0.4) is 0 Å². The number of hydrogen-bond acceptors (Lipinski definition) is 6. The van der Waals surface area contributed by atoms with Gasteiger partial charge in [-0.25, -0.2) is 9.78 Å². The molecule has 3 aromatic heterocycles. The Labute approximate surface area is 153 Å². The molecule has 5 nitrogen and oxygen atoms in total. The molecule has 3 heterocycles. The predicted octanol–water partition coefficient (Wildman–Crippen LogP) is 4.35. The summed E-state index contributed by atoms with van der Waals surface area (Å²) in [7, 11) is 0. The van der Waals surface area contributed by atoms with E-state index in [0.29, 0.717) is 5.56 Å². The SMILES string of the molecule is CCn1c(C)cc(C(=O)COC(=O)c2csc(-c3cccs3)n2)c1C. The summed E-state index contributed by atoms with van der Waals surface area (Å²) in [4.78, 5) is 29.8. The Morgan fingerprint density at radius 1 is 1.28 bits per heavy atom. The number of rotatable bonds is 6. The highest BCUT2D eigenvalue weighted by Crippen LogP contribution is 2.28. The first-order valence-electron chi connectivity index (χ1n) is 7.87. The summed E-state index contributed by atoms with van der Waals surface area (Å²) in [6.07, 6.45) is 0. The molecule has 0 saturated heterocycles. The fourth-order valence-corrected chi connectivity index (χ4v) is 4.34. The minimum absolute atomic E-state index is 0.199. The highest BCUT2D eigenvalue weighted by atomic mass is 32.1. The number of aromatic nitrogens is 2. The Morgan fingerprint density at radius 3 is 2.72 bits per heavy atom. The molecule has 7 heteroatoms. The summed E-state index contributed by atoms with van der Waals surface area (Å²) in [6, 6.07) is 5.73. The first-order valence-corrected chi connectivity index (χ1v) is 9.63. The van der Waals surface area contributed by atoms with Crippen molar-refractivity contribution >= 4 is 34.4 Å². The van der Waals surface area contributed by atoms with Crippen molar-refractivity contribution in [2.75, 3.05) is 6.61 Å². The van der Waals surface area contributed by atoms with Crippen molar-refractivity contribution in [2.45, 2.75) is 27.3 Å². The summed E-state index contributed by atoms with van der Waals surface area (Å²) in [6.45, 7) is 6.41. The molecule has 3 rings (SSSR count). The van der Waals surface area contributed by atoms with Crippen LogP contribution in [-0.2, 0) is 11.3 Å². The van der Waals surface area contributed by atoms with Gasteiger partial charge in [-0.15, -0.1) is 22.7 Å². The summed E-state index contributed by atoms with van der Waals surface area (Å²) in [5.41, 5.74) is 2.76. The van der Waals surface area contributed by atoms with Gasteiger partial charge in [0, 0.05) is 28.9 Å². The Morgan fingerprint density at radius 2 is 2.08 bits per heavy atom. The lowest BCUT2D eigenvalue weighted by Crippen LogP contribution is -2.15. The van der Waals surface area contributed by atoms with Crippen molar-refractivity contribution in [2.24, 2.45) is 0 Å². The second-order valence-electron chi connectivity index (χ2n) is 5.54. The van der Waals surface area contributed by atoms with Gasteiger partial charge in [-0.1, -0.05) is 6.07 Å². The fourth-order valence-electron chi connectivity index (χ4n) is 2.73. The molecule has 0 amide bonds. The van der Waals surface area contributed by atoms with Gasteiger partial charge < -0.3 is 9.30 Å². The van der Waals surface area contributed by atoms with Crippen molar-refractivity contribution in [3.63, 3.8) is 0 Å². The number of thiazole rings is 1. The number of thiophene rings is 1. The largest absolute Gasteiger partial charge is 0.453 e. The first-order chi connectivity index (χ1) is 12.0. The molecule has 130 valence electrons. The minimum Gasteiger partial charge on any atom is -0.453 e. The van der Waals surface area contributed by atoms with Gasteiger partial charge in [-0.05, 0) is 38.3 Å². The van der Waals surface area contributed by atoms with Crippen LogP contribution >= 0.6 is 22.7 Å². The van der Waals surface area contributed by atoms with E-state index in [1.54, 1.807) is 16.7 Å². The van der Waals surface area contributed by atoms with Crippen LogP contribution in [0.1, 0.15) is 39.2 Å². The Kier molecular flexibility index (Phi) is 5.15. The highest BCUT2D eigenvalue weighted by Gasteiger charge is 2.19. The number of nitrogens with zero attached hydrogens (tertiary/aromatic N) is 2. The third-order valence-corrected chi connectivity index (χ3v) is 5.85. The molecule has 3 aromatic rings. The summed E-state index contributed by atoms with van der Waals surface area (Å²) in [5.74, 6) is -0.772. The van der Waals surface area contributed by atoms with E-state index >= 15 is 0 Å². The lowest BCUT2D eigenvalue weighted by atomic mass is 10.1. The normalized spacial score (nSPS) is 10.8. The van der Waals surface area contributed by atoms with E-state index < -0.39 is 5.97 Å². The molecule has 0 fully saturated rings. The van der Waals surface area contributed by atoms with E-state index in [0.717, 1.165) is 27.8 Å². The van der Waals surface area contributed by atoms with Crippen molar-refractivity contribution in [3.05, 3.63) is 51.6 Å². The fraction of sp³-hybridized carbons (Fsp3) is 0.278. The number of aryl methyl sites for hydroxylation is 1. The zero-order chi connectivity index (χ0) is 18.0. The standard InChI is InChI=1S/C18H18N2O3S2/c1-4-20-11(2)8-13(12(20)3)15(21)9-23-18(22)14-10-25-17(19-14)16-6-5-7-24-16/h5-8,10H,4,9H2,1-3H3. The second kappa shape index (κ2) is 7.33. The van der Waals surface area contributed by atoms with Gasteiger partial charge in [0.05, 0.1) is 4.88 Å². The molecule has 0 spiro atoms. The maximum atomic E-state index is 12.4. The van der Waals surface area contributed by atoms with Crippen LogP contribution < -0.4 is 0 Å². The van der Waals surface area contributed by atoms with Crippen LogP contribution in [0.5, 0.6) is 0 Å². The Hall–Kier alpha value is -2.25. The number of ether oxygens (including phenoxy) is 1. The van der Waals surface area contributed by atoms with Gasteiger partial charge >= 0.3 is 5.97 Å². The molecule has 0 aliphatic carbocycles. The van der Waals surface area contributed by atoms with Gasteiger partial charge in [0.15, 0.2) is 12.3 Å². The van der Waals surface area contributed by atoms with Crippen LogP contribution in [0.4, 0.5) is 0 Å². The Bertz CT molecular complexity index is 907. The van der Waals surface area contributed by atoms with Crippen LogP contribution in [0, 0.1) is 13.8 Å². The van der Waals surface area contributed by atoms with E-state index in [-0.39, 0.29) is 18.1 Å². The van der Waals surface area contributed by atoms with Gasteiger partial charge in [-0.3, -0.25) is 4.79 Å². The number of carbonyl (C=O) groups is 2. The summed E-state index contributed by atoms with van der Waals surface area (Å²) < 4.78 is 7.22. The molecule has 0 aliphatic rings. The van der Waals surface area contributed by atoms with Crippen LogP contribution in [-0.4, -0.2) is 27.9 Å². The van der Waals surface area contributed by atoms with Crippen LogP contribution in [0.25, 0.3) is 9.88 Å². The lowest BCUT2D eigenvalue weighted by molar-refractivity contribution is 0.0469. The van der Waals surface area contributed by atoms with Crippen molar-refractivity contribution in [3.8, 4) is 9.88 Å². The highest BCUT2D eigenvalue weighted by molar-refractivity contribution is 7.20. The Balaban J connectivity index is 1.65. The van der Waals surface area contributed by atoms with Gasteiger partial charge in [0.2, 0.25) is 5.78 Å². The number of esters is 1. The first kappa shape index (κ1) is 17.6. The molecule has 0 atom stereocenters. The van der Waals surface area contributed by atoms with Gasteiger partial charge in [0.1, 0.15) is 5.01 Å². The molecule has 0 saturated carbocycles. The molecule has 0 radical (unpaired) electrons. The zero-order valence-corrected chi connectivity index (χ0v) is 15.9. The number of carbonyl (C=O) groups excluding carboxylic acids is 2. The average molecular weight is 374 g/mol. The minimum atomic E-state index is -0.572. The topological polar surface area (TPSA) is 61.2 Å². The molecular formula is C18H18N2O3S2. The van der Waals surface area contributed by atoms with E-state index in [1.807, 2.05) is 44.4 Å². The lowest BCUT2D eigenvalue weighted by Gasteiger charge is -2.06. The quantitative estimate of drug-likeness (QED) is 0.475. The monoisotopic (exact) mass is 374 g/mol. The van der Waals surface area contributed by atoms with Gasteiger partial charge in [0.25, 0.3) is 0 Å². The van der Waals surface area contributed by atoms with Crippen molar-refractivity contribution in [1.29, 1.82) is 0 Å². The molecule has 0 bridgehead atoms. The van der Waals surface area contributed by atoms with E-state index in [2.05, 4.69) is 9.55 Å². The molecule has 0 aromatic carbocycles. The van der Waals surface area contributed by atoms with E-state index in [1.165, 1.54) is 11.3 Å². The van der Waals surface area contributed by atoms with E-state index in [4.69, 9.17) is 4.74 Å². The number of ketones is 1. The second-order valence-corrected chi connectivity index (χ2v) is 7.35. The molecular weight excluding hydrogens is 356 g/mol. The third-order valence-electron chi connectivity index (χ3n) is 3.97. The van der Waals surface area contributed by atoms with E-state index in [9.17, 15) is 9.59 Å². The maximum Gasteiger partial charge on any atom is 0.358 e. The number of Topliss-reactive ketones (excluding diaryl/α,β-unsaturated/α-hetero) is 1. The van der Waals surface area contributed by atoms with Gasteiger partial charge in [-0.2, -0.15) is 0 Å². The van der Waals surface area contributed by atoms with Crippen LogP contribution in [0.15, 0.2) is 29.0 Å². The average Bonchev–Trinajstić information content (AvgIpc) is 3.32. The molecule has 0 N–H and O–H groups in total. The molecule has 0 unspecified atom stereocenters. The summed E-state index contributed by atoms with van der Waals surface area (Å²) in [5, 5.41) is 4.39. The maximum absolute atomic E-state index is 12.4. The molecule has 0 aliphatic heterocycles. The molecule has 25 heavy (non-hydrogen) atoms. The number of hydrogen-bond donors (Lipinski definition) is 0. The zero-order valence-electron chi connectivity index (χ0n) is 14.2. The van der Waals surface area contributed by atoms with Crippen molar-refractivity contribution < 1.29 is 14.3 Å². The smallest absolute Gasteiger partial charge is 0.358 e. The summed E-state index contributed by atoms with van der Waals surface area (Å²) >= 11 is 2.95. The van der Waals surface area contributed by atoms with Crippen LogP contribution in [0.2, 0.25) is 0 Å². The van der Waals surface area contributed by atoms with Crippen molar-refractivity contribution in [1.82, 2.24) is 9.55 Å². The predicted molar refractivity (Wildman–Crippen MR) is 99.6 cm³/mol.